The highest BCUT2D eigenvalue weighted by atomic mass is 127. The number of ether oxygens (including phenoxy) is 4. The monoisotopic (exact) mass is 716 g/mol. The Morgan fingerprint density at radius 2 is 1.93 bits per heavy atom. The van der Waals surface area contributed by atoms with E-state index in [0.717, 1.165) is 49.7 Å². The maximum absolute atomic E-state index is 16.9. The molecule has 44 heavy (non-hydrogen) atoms. The fourth-order valence-electron chi connectivity index (χ4n) is 6.45. The molecule has 1 spiro atoms. The van der Waals surface area contributed by atoms with Gasteiger partial charge < -0.3 is 23.8 Å². The number of nitrogens with zero attached hydrogens (tertiary/aromatic N) is 4. The Bertz CT molecular complexity index is 1730. The summed E-state index contributed by atoms with van der Waals surface area (Å²) in [6.07, 6.45) is 7.17. The van der Waals surface area contributed by atoms with Gasteiger partial charge in [0, 0.05) is 48.2 Å². The van der Waals surface area contributed by atoms with Crippen LogP contribution < -0.4 is 14.4 Å². The fourth-order valence-corrected chi connectivity index (χ4v) is 7.43. The lowest BCUT2D eigenvalue weighted by Crippen LogP contribution is -2.56. The van der Waals surface area contributed by atoms with Crippen molar-refractivity contribution in [2.75, 3.05) is 49.5 Å². The molecule has 0 N–H and O–H groups in total. The van der Waals surface area contributed by atoms with E-state index in [0.29, 0.717) is 58.4 Å². The maximum atomic E-state index is 16.9. The van der Waals surface area contributed by atoms with Gasteiger partial charge in [0.1, 0.15) is 28.6 Å². The molecule has 1 aliphatic carbocycles. The molecule has 4 heterocycles. The first kappa shape index (κ1) is 29.8. The molecule has 2 aromatic heterocycles. The summed E-state index contributed by atoms with van der Waals surface area (Å²) in [7, 11) is 1.53. The Hall–Kier alpha value is -2.90. The Labute approximate surface area is 268 Å². The van der Waals surface area contributed by atoms with Crippen LogP contribution in [0.4, 0.5) is 14.6 Å². The smallest absolute Gasteiger partial charge is 0.319 e. The van der Waals surface area contributed by atoms with E-state index in [1.807, 2.05) is 6.92 Å². The molecule has 7 rings (SSSR count). The standard InChI is InChI=1S/C33H35F2IN4O4/c1-3-22-25(34)6-5-20-13-21(43-19-41-2)14-23(26(20)22)28-27(35)29-24(15-37-28)30(40-11-4-7-33(17-40)10-12-44-33)39-31(38-29)42-18-32(16-36)8-9-32/h5-6,13-15H,3-4,7-12,16-19H2,1-2H3. The van der Waals surface area contributed by atoms with E-state index in [1.54, 1.807) is 24.4 Å². The number of hydrogen-bond acceptors (Lipinski definition) is 8. The van der Waals surface area contributed by atoms with Crippen molar-refractivity contribution in [3.63, 3.8) is 0 Å². The van der Waals surface area contributed by atoms with Gasteiger partial charge in [-0.05, 0) is 66.6 Å². The highest BCUT2D eigenvalue weighted by Crippen LogP contribution is 2.47. The minimum atomic E-state index is -0.617. The lowest BCUT2D eigenvalue weighted by atomic mass is 9.86. The van der Waals surface area contributed by atoms with Crippen molar-refractivity contribution in [3.8, 4) is 23.0 Å². The molecule has 2 aliphatic heterocycles. The SMILES string of the molecule is CCc1c(F)ccc2cc(OCOC)cc(-c3ncc4c(N5CCCC6(CCO6)C5)nc(OCC5(CI)CC5)nc4c3F)c12. The van der Waals surface area contributed by atoms with Gasteiger partial charge in [0.15, 0.2) is 12.6 Å². The number of halogens is 3. The molecule has 2 aromatic carbocycles. The molecule has 232 valence electrons. The van der Waals surface area contributed by atoms with Crippen LogP contribution in [0.5, 0.6) is 11.8 Å². The summed E-state index contributed by atoms with van der Waals surface area (Å²) >= 11 is 2.39. The van der Waals surface area contributed by atoms with Crippen molar-refractivity contribution in [2.45, 2.75) is 51.0 Å². The predicted molar refractivity (Wildman–Crippen MR) is 173 cm³/mol. The van der Waals surface area contributed by atoms with Crippen molar-refractivity contribution in [1.29, 1.82) is 0 Å². The summed E-state index contributed by atoms with van der Waals surface area (Å²) in [5.74, 6) is 0.0903. The van der Waals surface area contributed by atoms with Crippen molar-refractivity contribution in [1.82, 2.24) is 15.0 Å². The number of benzene rings is 2. The molecule has 2 saturated heterocycles. The number of fused-ring (bicyclic) bond motifs is 2. The van der Waals surface area contributed by atoms with Crippen LogP contribution in [0, 0.1) is 17.0 Å². The van der Waals surface area contributed by atoms with Crippen LogP contribution in [0.25, 0.3) is 32.9 Å². The second-order valence-corrected chi connectivity index (χ2v) is 13.0. The summed E-state index contributed by atoms with van der Waals surface area (Å²) in [4.78, 5) is 16.3. The Morgan fingerprint density at radius 1 is 1.09 bits per heavy atom. The minimum absolute atomic E-state index is 0.0114. The van der Waals surface area contributed by atoms with Crippen LogP contribution in [0.3, 0.4) is 0 Å². The molecule has 1 saturated carbocycles. The van der Waals surface area contributed by atoms with Gasteiger partial charge in [-0.25, -0.2) is 8.78 Å². The first-order valence-electron chi connectivity index (χ1n) is 15.2. The first-order chi connectivity index (χ1) is 21.4. The minimum Gasteiger partial charge on any atom is -0.468 e. The lowest BCUT2D eigenvalue weighted by molar-refractivity contribution is -0.151. The van der Waals surface area contributed by atoms with Gasteiger partial charge in [0.25, 0.3) is 0 Å². The van der Waals surface area contributed by atoms with Gasteiger partial charge in [0.05, 0.1) is 24.2 Å². The van der Waals surface area contributed by atoms with Crippen LogP contribution in [0.15, 0.2) is 30.5 Å². The Kier molecular flexibility index (Phi) is 7.98. The van der Waals surface area contributed by atoms with E-state index in [1.165, 1.54) is 13.2 Å². The van der Waals surface area contributed by atoms with Crippen molar-refractivity contribution in [3.05, 3.63) is 47.7 Å². The van der Waals surface area contributed by atoms with Crippen molar-refractivity contribution >= 4 is 50.1 Å². The number of piperidine rings is 1. The van der Waals surface area contributed by atoms with Crippen LogP contribution in [0.2, 0.25) is 0 Å². The van der Waals surface area contributed by atoms with Crippen LogP contribution in [-0.2, 0) is 15.9 Å². The number of pyridine rings is 1. The molecule has 0 amide bonds. The van der Waals surface area contributed by atoms with E-state index in [-0.39, 0.29) is 40.8 Å². The van der Waals surface area contributed by atoms with Gasteiger partial charge in [-0.15, -0.1) is 0 Å². The van der Waals surface area contributed by atoms with Crippen molar-refractivity contribution < 1.29 is 27.7 Å². The first-order valence-corrected chi connectivity index (χ1v) is 16.7. The van der Waals surface area contributed by atoms with Crippen LogP contribution >= 0.6 is 22.6 Å². The van der Waals surface area contributed by atoms with Crippen molar-refractivity contribution in [2.24, 2.45) is 5.41 Å². The molecular weight excluding hydrogens is 681 g/mol. The molecule has 3 fully saturated rings. The molecule has 11 heteroatoms. The zero-order valence-corrected chi connectivity index (χ0v) is 27.1. The summed E-state index contributed by atoms with van der Waals surface area (Å²) < 4.78 is 56.0. The largest absolute Gasteiger partial charge is 0.468 e. The van der Waals surface area contributed by atoms with Crippen LogP contribution in [-0.4, -0.2) is 65.2 Å². The molecule has 4 aromatic rings. The molecule has 1 atom stereocenters. The lowest BCUT2D eigenvalue weighted by Gasteiger charge is -2.48. The molecule has 0 bridgehead atoms. The van der Waals surface area contributed by atoms with Gasteiger partial charge in [0.2, 0.25) is 0 Å². The second-order valence-electron chi connectivity index (χ2n) is 12.2. The fraction of sp³-hybridized carbons (Fsp3) is 0.485. The van der Waals surface area contributed by atoms with E-state index in [2.05, 4.69) is 37.5 Å². The number of aromatic nitrogens is 3. The zero-order valence-electron chi connectivity index (χ0n) is 24.9. The van der Waals surface area contributed by atoms with Gasteiger partial charge in [-0.3, -0.25) is 4.98 Å². The third kappa shape index (κ3) is 5.34. The van der Waals surface area contributed by atoms with E-state index in [9.17, 15) is 0 Å². The summed E-state index contributed by atoms with van der Waals surface area (Å²) in [6.45, 7) is 4.56. The number of hydrogen-bond donors (Lipinski definition) is 0. The Morgan fingerprint density at radius 3 is 2.64 bits per heavy atom. The second kappa shape index (κ2) is 11.8. The molecule has 8 nitrogen and oxygen atoms in total. The van der Waals surface area contributed by atoms with E-state index < -0.39 is 5.82 Å². The highest BCUT2D eigenvalue weighted by molar-refractivity contribution is 14.1. The topological polar surface area (TPSA) is 78.8 Å². The van der Waals surface area contributed by atoms with Gasteiger partial charge in [-0.1, -0.05) is 35.6 Å². The summed E-state index contributed by atoms with van der Waals surface area (Å²) in [5, 5.41) is 1.81. The summed E-state index contributed by atoms with van der Waals surface area (Å²) in [6, 6.07) is 6.75. The molecular formula is C33H35F2IN4O4. The summed E-state index contributed by atoms with van der Waals surface area (Å²) in [5.41, 5.74) is 1.02. The predicted octanol–water partition coefficient (Wildman–Crippen LogP) is 7.02. The van der Waals surface area contributed by atoms with E-state index in [4.69, 9.17) is 23.9 Å². The van der Waals surface area contributed by atoms with E-state index >= 15 is 8.78 Å². The highest BCUT2D eigenvalue weighted by Gasteiger charge is 2.44. The number of aryl methyl sites for hydroxylation is 1. The quantitative estimate of drug-likeness (QED) is 0.0985. The van der Waals surface area contributed by atoms with Gasteiger partial charge in [-0.2, -0.15) is 9.97 Å². The Balaban J connectivity index is 1.40. The third-order valence-electron chi connectivity index (χ3n) is 9.29. The average molecular weight is 717 g/mol. The number of methoxy groups -OCH3 is 1. The molecule has 3 aliphatic rings. The molecule has 1 unspecified atom stereocenters. The van der Waals surface area contributed by atoms with Crippen LogP contribution in [0.1, 0.15) is 44.6 Å². The van der Waals surface area contributed by atoms with Gasteiger partial charge >= 0.3 is 6.01 Å². The zero-order chi connectivity index (χ0) is 30.5. The third-order valence-corrected chi connectivity index (χ3v) is 10.9. The number of anilines is 1. The molecule has 0 radical (unpaired) electrons. The number of rotatable bonds is 10. The maximum Gasteiger partial charge on any atom is 0.319 e. The average Bonchev–Trinajstić information content (AvgIpc) is 3.82. The number of alkyl halides is 1. The normalized spacial score (nSPS) is 20.7.